The predicted octanol–water partition coefficient (Wildman–Crippen LogP) is 1.67. The van der Waals surface area contributed by atoms with Gasteiger partial charge < -0.3 is 0 Å². The number of fused-ring (bicyclic) bond motifs is 1. The van der Waals surface area contributed by atoms with Crippen LogP contribution in [-0.4, -0.2) is 36.2 Å². The molecular weight excluding hydrogens is 330 g/mol. The highest BCUT2D eigenvalue weighted by atomic mass is 32.2. The number of carbonyl (C=O) groups is 3. The van der Waals surface area contributed by atoms with Gasteiger partial charge in [0.05, 0.1) is 5.56 Å². The number of nitrogens with zero attached hydrogens (tertiary/aromatic N) is 1. The topological polar surface area (TPSA) is 88.6 Å². The molecule has 0 saturated heterocycles. The van der Waals surface area contributed by atoms with Crippen LogP contribution in [0.1, 0.15) is 27.6 Å². The molecule has 7 heteroatoms. The lowest BCUT2D eigenvalue weighted by Crippen LogP contribution is -2.48. The summed E-state index contributed by atoms with van der Waals surface area (Å²) in [5.41, 5.74) is 0.126. The molecule has 0 N–H and O–H groups in total. The van der Waals surface area contributed by atoms with Crippen LogP contribution in [0.2, 0.25) is 0 Å². The van der Waals surface area contributed by atoms with Gasteiger partial charge in [0.25, 0.3) is 15.9 Å². The summed E-state index contributed by atoms with van der Waals surface area (Å²) in [6.07, 6.45) is 0. The van der Waals surface area contributed by atoms with Gasteiger partial charge in [0, 0.05) is 5.56 Å². The van der Waals surface area contributed by atoms with E-state index in [0.717, 1.165) is 6.92 Å². The zero-order valence-electron chi connectivity index (χ0n) is 12.7. The number of rotatable bonds is 4. The molecule has 0 aliphatic carbocycles. The summed E-state index contributed by atoms with van der Waals surface area (Å²) in [7, 11) is -4.25. The fourth-order valence-electron chi connectivity index (χ4n) is 2.67. The van der Waals surface area contributed by atoms with E-state index in [-0.39, 0.29) is 16.0 Å². The molecule has 0 spiro atoms. The zero-order chi connectivity index (χ0) is 17.5. The molecule has 3 rings (SSSR count). The van der Waals surface area contributed by atoms with Crippen LogP contribution >= 0.6 is 0 Å². The molecule has 1 atom stereocenters. The highest BCUT2D eigenvalue weighted by Crippen LogP contribution is 2.32. The van der Waals surface area contributed by atoms with Crippen molar-refractivity contribution in [2.45, 2.75) is 17.9 Å². The smallest absolute Gasteiger partial charge is 0.270 e. The lowest BCUT2D eigenvalue weighted by molar-refractivity contribution is -0.118. The van der Waals surface area contributed by atoms with Crippen LogP contribution in [0, 0.1) is 0 Å². The molecule has 0 saturated carbocycles. The Hall–Kier alpha value is -2.80. The molecule has 1 unspecified atom stereocenters. The molecule has 1 amide bonds. The van der Waals surface area contributed by atoms with E-state index in [9.17, 15) is 22.8 Å². The first-order valence-electron chi connectivity index (χ1n) is 7.13. The summed E-state index contributed by atoms with van der Waals surface area (Å²) in [6, 6.07) is 11.8. The molecule has 0 bridgehead atoms. The van der Waals surface area contributed by atoms with Crippen molar-refractivity contribution in [2.75, 3.05) is 0 Å². The molecule has 122 valence electrons. The van der Waals surface area contributed by atoms with Crippen molar-refractivity contribution in [3.05, 3.63) is 65.7 Å². The molecule has 1 aliphatic rings. The van der Waals surface area contributed by atoms with E-state index in [1.54, 1.807) is 18.2 Å². The van der Waals surface area contributed by atoms with E-state index >= 15 is 0 Å². The molecule has 0 aromatic heterocycles. The number of amides is 1. The molecule has 0 radical (unpaired) electrons. The number of carbonyl (C=O) groups excluding carboxylic acids is 3. The molecule has 1 heterocycles. The molecule has 2 aromatic carbocycles. The third-order valence-corrected chi connectivity index (χ3v) is 5.59. The van der Waals surface area contributed by atoms with Gasteiger partial charge in [-0.1, -0.05) is 42.5 Å². The molecule has 6 nitrogen and oxygen atoms in total. The van der Waals surface area contributed by atoms with Gasteiger partial charge >= 0.3 is 0 Å². The van der Waals surface area contributed by atoms with Gasteiger partial charge in [0.2, 0.25) is 0 Å². The Morgan fingerprint density at radius 3 is 2.12 bits per heavy atom. The van der Waals surface area contributed by atoms with Crippen LogP contribution in [0.25, 0.3) is 0 Å². The molecular formula is C17H13NO5S. The van der Waals surface area contributed by atoms with Gasteiger partial charge in [-0.05, 0) is 19.1 Å². The van der Waals surface area contributed by atoms with Gasteiger partial charge in [-0.3, -0.25) is 14.4 Å². The highest BCUT2D eigenvalue weighted by Gasteiger charge is 2.49. The average Bonchev–Trinajstić information content (AvgIpc) is 2.77. The Morgan fingerprint density at radius 2 is 1.54 bits per heavy atom. The van der Waals surface area contributed by atoms with E-state index < -0.39 is 33.5 Å². The lowest BCUT2D eigenvalue weighted by Gasteiger charge is -2.23. The van der Waals surface area contributed by atoms with Crippen LogP contribution in [0.15, 0.2) is 59.5 Å². The van der Waals surface area contributed by atoms with Crippen LogP contribution in [-0.2, 0) is 14.8 Å². The van der Waals surface area contributed by atoms with Crippen molar-refractivity contribution in [3.8, 4) is 0 Å². The Morgan fingerprint density at radius 1 is 0.958 bits per heavy atom. The van der Waals surface area contributed by atoms with E-state index in [1.807, 2.05) is 0 Å². The van der Waals surface area contributed by atoms with Crippen LogP contribution in [0.4, 0.5) is 0 Å². The quantitative estimate of drug-likeness (QED) is 0.622. The van der Waals surface area contributed by atoms with E-state index in [1.165, 1.54) is 36.4 Å². The fourth-order valence-corrected chi connectivity index (χ4v) is 4.41. The maximum Gasteiger partial charge on any atom is 0.270 e. The van der Waals surface area contributed by atoms with Crippen molar-refractivity contribution in [3.63, 3.8) is 0 Å². The van der Waals surface area contributed by atoms with Crippen LogP contribution < -0.4 is 0 Å². The Labute approximate surface area is 138 Å². The molecule has 24 heavy (non-hydrogen) atoms. The van der Waals surface area contributed by atoms with Gasteiger partial charge in [0.1, 0.15) is 4.90 Å². The third kappa shape index (κ3) is 2.33. The first kappa shape index (κ1) is 16.1. The van der Waals surface area contributed by atoms with E-state index in [2.05, 4.69) is 0 Å². The van der Waals surface area contributed by atoms with Gasteiger partial charge in [-0.2, -0.15) is 0 Å². The van der Waals surface area contributed by atoms with E-state index in [0.29, 0.717) is 4.31 Å². The maximum atomic E-state index is 12.7. The number of ketones is 2. The summed E-state index contributed by atoms with van der Waals surface area (Å²) in [5.74, 6) is -2.31. The van der Waals surface area contributed by atoms with E-state index in [4.69, 9.17) is 0 Å². The monoisotopic (exact) mass is 343 g/mol. The minimum atomic E-state index is -4.25. The Kier molecular flexibility index (Phi) is 3.81. The molecule has 0 fully saturated rings. The van der Waals surface area contributed by atoms with Crippen LogP contribution in [0.3, 0.4) is 0 Å². The third-order valence-electron chi connectivity index (χ3n) is 3.78. The number of benzene rings is 2. The Bertz CT molecular complexity index is 950. The van der Waals surface area contributed by atoms with Crippen LogP contribution in [0.5, 0.6) is 0 Å². The number of sulfonamides is 1. The predicted molar refractivity (Wildman–Crippen MR) is 85.0 cm³/mol. The second-order valence-electron chi connectivity index (χ2n) is 5.35. The van der Waals surface area contributed by atoms with Gasteiger partial charge in [0.15, 0.2) is 17.6 Å². The SMILES string of the molecule is CC(=O)C(C(=O)c1ccccc1)N1C(=O)c2ccccc2S1(=O)=O. The number of Topliss-reactive ketones (excluding diaryl/α,β-unsaturated/α-hetero) is 2. The highest BCUT2D eigenvalue weighted by molar-refractivity contribution is 7.90. The molecule has 2 aromatic rings. The van der Waals surface area contributed by atoms with Crippen molar-refractivity contribution < 1.29 is 22.8 Å². The minimum Gasteiger partial charge on any atom is -0.297 e. The van der Waals surface area contributed by atoms with Crippen molar-refractivity contribution in [2.24, 2.45) is 0 Å². The first-order chi connectivity index (χ1) is 11.4. The first-order valence-corrected chi connectivity index (χ1v) is 8.57. The lowest BCUT2D eigenvalue weighted by atomic mass is 10.0. The molecule has 1 aliphatic heterocycles. The van der Waals surface area contributed by atoms with Crippen molar-refractivity contribution >= 4 is 27.5 Å². The van der Waals surface area contributed by atoms with Crippen molar-refractivity contribution in [1.29, 1.82) is 0 Å². The second kappa shape index (κ2) is 5.68. The zero-order valence-corrected chi connectivity index (χ0v) is 13.5. The summed E-state index contributed by atoms with van der Waals surface area (Å²) < 4.78 is 25.8. The van der Waals surface area contributed by atoms with Gasteiger partial charge in [-0.15, -0.1) is 0 Å². The van der Waals surface area contributed by atoms with Crippen molar-refractivity contribution in [1.82, 2.24) is 4.31 Å². The number of hydrogen-bond acceptors (Lipinski definition) is 5. The summed E-state index contributed by atoms with van der Waals surface area (Å²) in [4.78, 5) is 37.1. The number of hydrogen-bond donors (Lipinski definition) is 0. The minimum absolute atomic E-state index is 0.0374. The largest absolute Gasteiger partial charge is 0.297 e. The fraction of sp³-hybridized carbons (Fsp3) is 0.118. The maximum absolute atomic E-state index is 12.7. The average molecular weight is 343 g/mol. The summed E-state index contributed by atoms with van der Waals surface area (Å²) in [5, 5.41) is 0. The summed E-state index contributed by atoms with van der Waals surface area (Å²) in [6.45, 7) is 1.09. The Balaban J connectivity index is 2.13. The standard InChI is InChI=1S/C17H13NO5S/c1-11(19)15(16(20)12-7-3-2-4-8-12)18-17(21)13-9-5-6-10-14(13)24(18,22)23/h2-10,15H,1H3. The second-order valence-corrected chi connectivity index (χ2v) is 7.13. The van der Waals surface area contributed by atoms with Gasteiger partial charge in [-0.25, -0.2) is 12.7 Å². The normalized spacial score (nSPS) is 16.5. The summed E-state index contributed by atoms with van der Waals surface area (Å²) >= 11 is 0.